The maximum Gasteiger partial charge on any atom is 0.168 e. The van der Waals surface area contributed by atoms with E-state index in [0.717, 1.165) is 65.6 Å². The molecule has 0 atom stereocenters. The molecule has 1 aliphatic rings. The van der Waals surface area contributed by atoms with Crippen molar-refractivity contribution in [2.45, 2.75) is 0 Å². The monoisotopic (exact) mass is 412 g/mol. The minimum Gasteiger partial charge on any atom is -0.352 e. The van der Waals surface area contributed by atoms with Crippen molar-refractivity contribution >= 4 is 33.7 Å². The number of benzene rings is 1. The van der Waals surface area contributed by atoms with E-state index >= 15 is 0 Å². The first-order valence-electron chi connectivity index (χ1n) is 10.2. The van der Waals surface area contributed by atoms with Crippen molar-refractivity contribution in [2.75, 3.05) is 36.0 Å². The Morgan fingerprint density at radius 1 is 0.677 bits per heavy atom. The van der Waals surface area contributed by atoms with Crippen LogP contribution in [0.2, 0.25) is 0 Å². The van der Waals surface area contributed by atoms with Crippen LogP contribution in [0.1, 0.15) is 0 Å². The molecule has 0 radical (unpaired) electrons. The molecular formula is C21H20N10. The van der Waals surface area contributed by atoms with E-state index in [1.165, 1.54) is 0 Å². The minimum atomic E-state index is 0.812. The highest BCUT2D eigenvalue weighted by molar-refractivity contribution is 5.88. The number of aryl methyl sites for hydroxylation is 1. The zero-order valence-corrected chi connectivity index (χ0v) is 17.0. The van der Waals surface area contributed by atoms with Crippen molar-refractivity contribution in [1.82, 2.24) is 39.5 Å². The summed E-state index contributed by atoms with van der Waals surface area (Å²) >= 11 is 0. The molecule has 6 rings (SSSR count). The van der Waals surface area contributed by atoms with E-state index in [1.807, 2.05) is 54.5 Å². The molecule has 4 aromatic heterocycles. The Kier molecular flexibility index (Phi) is 4.01. The lowest BCUT2D eigenvalue weighted by atomic mass is 10.2. The van der Waals surface area contributed by atoms with E-state index in [4.69, 9.17) is 0 Å². The Morgan fingerprint density at radius 3 is 1.94 bits per heavy atom. The lowest BCUT2D eigenvalue weighted by Crippen LogP contribution is -2.47. The topological polar surface area (TPSA) is 93.7 Å². The lowest BCUT2D eigenvalue weighted by molar-refractivity contribution is 0.644. The molecule has 0 spiro atoms. The van der Waals surface area contributed by atoms with Crippen LogP contribution in [0.15, 0.2) is 55.4 Å². The fourth-order valence-electron chi connectivity index (χ4n) is 4.17. The van der Waals surface area contributed by atoms with E-state index in [9.17, 15) is 0 Å². The zero-order chi connectivity index (χ0) is 20.8. The summed E-state index contributed by atoms with van der Waals surface area (Å²) in [6, 6.07) is 10.0. The molecule has 1 fully saturated rings. The van der Waals surface area contributed by atoms with Gasteiger partial charge in [0, 0.05) is 33.2 Å². The van der Waals surface area contributed by atoms with Crippen LogP contribution < -0.4 is 9.80 Å². The highest BCUT2D eigenvalue weighted by Gasteiger charge is 2.24. The van der Waals surface area contributed by atoms with E-state index in [-0.39, 0.29) is 0 Å². The van der Waals surface area contributed by atoms with Gasteiger partial charge in [0.2, 0.25) is 0 Å². The second-order valence-electron chi connectivity index (χ2n) is 7.50. The fraction of sp³-hybridized carbons (Fsp3) is 0.238. The van der Waals surface area contributed by atoms with Gasteiger partial charge in [0.1, 0.15) is 24.3 Å². The number of rotatable bonds is 3. The van der Waals surface area contributed by atoms with Crippen LogP contribution in [0.5, 0.6) is 0 Å². The summed E-state index contributed by atoms with van der Waals surface area (Å²) in [5.74, 6) is 1.85. The number of anilines is 2. The van der Waals surface area contributed by atoms with Gasteiger partial charge in [-0.2, -0.15) is 10.2 Å². The van der Waals surface area contributed by atoms with Crippen molar-refractivity contribution in [2.24, 2.45) is 7.05 Å². The predicted molar refractivity (Wildman–Crippen MR) is 117 cm³/mol. The van der Waals surface area contributed by atoms with Crippen molar-refractivity contribution in [3.63, 3.8) is 0 Å². The van der Waals surface area contributed by atoms with Crippen LogP contribution >= 0.6 is 0 Å². The quantitative estimate of drug-likeness (QED) is 0.443. The van der Waals surface area contributed by atoms with Gasteiger partial charge in [-0.15, -0.1) is 0 Å². The molecule has 0 unspecified atom stereocenters. The van der Waals surface area contributed by atoms with Crippen molar-refractivity contribution < 1.29 is 0 Å². The maximum atomic E-state index is 4.59. The molecular weight excluding hydrogens is 392 g/mol. The second-order valence-corrected chi connectivity index (χ2v) is 7.50. The Labute approximate surface area is 177 Å². The first kappa shape index (κ1) is 17.8. The van der Waals surface area contributed by atoms with Crippen molar-refractivity contribution in [3.8, 4) is 5.69 Å². The summed E-state index contributed by atoms with van der Waals surface area (Å²) in [4.78, 5) is 22.5. The van der Waals surface area contributed by atoms with E-state index in [0.29, 0.717) is 0 Å². The van der Waals surface area contributed by atoms with E-state index in [2.05, 4.69) is 39.9 Å². The summed E-state index contributed by atoms with van der Waals surface area (Å²) in [6.45, 7) is 3.32. The molecule has 5 aromatic rings. The molecule has 31 heavy (non-hydrogen) atoms. The number of nitrogens with zero attached hydrogens (tertiary/aromatic N) is 10. The molecule has 1 saturated heterocycles. The highest BCUT2D eigenvalue weighted by atomic mass is 15.3. The Morgan fingerprint density at radius 2 is 1.26 bits per heavy atom. The molecule has 10 nitrogen and oxygen atoms in total. The zero-order valence-electron chi connectivity index (χ0n) is 17.0. The number of hydrogen-bond acceptors (Lipinski definition) is 8. The molecule has 10 heteroatoms. The van der Waals surface area contributed by atoms with Gasteiger partial charge in [0.25, 0.3) is 0 Å². The Hall–Kier alpha value is -4.08. The van der Waals surface area contributed by atoms with Gasteiger partial charge in [0.05, 0.1) is 28.9 Å². The van der Waals surface area contributed by atoms with Gasteiger partial charge in [0.15, 0.2) is 11.3 Å². The molecule has 0 N–H and O–H groups in total. The molecule has 5 heterocycles. The first-order valence-corrected chi connectivity index (χ1v) is 10.2. The normalized spacial score (nSPS) is 14.6. The summed E-state index contributed by atoms with van der Waals surface area (Å²) < 4.78 is 3.63. The fourth-order valence-corrected chi connectivity index (χ4v) is 4.17. The Bertz CT molecular complexity index is 1370. The third kappa shape index (κ3) is 2.87. The van der Waals surface area contributed by atoms with Crippen LogP contribution in [-0.2, 0) is 7.05 Å². The average molecular weight is 412 g/mol. The van der Waals surface area contributed by atoms with Gasteiger partial charge in [-0.1, -0.05) is 18.2 Å². The summed E-state index contributed by atoms with van der Waals surface area (Å²) in [5, 5.41) is 10.8. The SMILES string of the molecule is Cn1ncc2c(N3CCN(c4ncnc5c4cnn5-c4ccccc4)CC3)ncnc21. The predicted octanol–water partition coefficient (Wildman–Crippen LogP) is 1.82. The molecule has 0 saturated carbocycles. The summed E-state index contributed by atoms with van der Waals surface area (Å²) in [5.41, 5.74) is 2.64. The summed E-state index contributed by atoms with van der Waals surface area (Å²) in [7, 11) is 1.90. The van der Waals surface area contributed by atoms with Crippen LogP contribution in [0.25, 0.3) is 27.8 Å². The number of aromatic nitrogens is 8. The third-order valence-electron chi connectivity index (χ3n) is 5.73. The molecule has 0 aliphatic carbocycles. The van der Waals surface area contributed by atoms with E-state index in [1.54, 1.807) is 17.3 Å². The largest absolute Gasteiger partial charge is 0.352 e. The lowest BCUT2D eigenvalue weighted by Gasteiger charge is -2.36. The van der Waals surface area contributed by atoms with Crippen LogP contribution in [0, 0.1) is 0 Å². The molecule has 1 aromatic carbocycles. The van der Waals surface area contributed by atoms with Gasteiger partial charge < -0.3 is 9.80 Å². The third-order valence-corrected chi connectivity index (χ3v) is 5.73. The van der Waals surface area contributed by atoms with Gasteiger partial charge in [-0.25, -0.2) is 24.6 Å². The maximum absolute atomic E-state index is 4.59. The van der Waals surface area contributed by atoms with Crippen LogP contribution in [-0.4, -0.2) is 65.7 Å². The standard InChI is InChI=1S/C21H20N10/c1-28-18-16(11-26-28)19(23-13-22-18)29-7-9-30(10-8-29)20-17-12-27-31(21(17)25-14-24-20)15-5-3-2-4-6-15/h2-6,11-14H,7-10H2,1H3. The summed E-state index contributed by atoms with van der Waals surface area (Å²) in [6.07, 6.45) is 6.92. The Balaban J connectivity index is 1.28. The van der Waals surface area contributed by atoms with Gasteiger partial charge in [-0.05, 0) is 12.1 Å². The number of para-hydroxylation sites is 1. The second kappa shape index (κ2) is 7.01. The van der Waals surface area contributed by atoms with Crippen molar-refractivity contribution in [1.29, 1.82) is 0 Å². The van der Waals surface area contributed by atoms with Gasteiger partial charge >= 0.3 is 0 Å². The minimum absolute atomic E-state index is 0.812. The first-order chi connectivity index (χ1) is 15.3. The van der Waals surface area contributed by atoms with Gasteiger partial charge in [-0.3, -0.25) is 4.68 Å². The highest BCUT2D eigenvalue weighted by Crippen LogP contribution is 2.28. The molecule has 1 aliphatic heterocycles. The van der Waals surface area contributed by atoms with Crippen LogP contribution in [0.4, 0.5) is 11.6 Å². The van der Waals surface area contributed by atoms with Crippen LogP contribution in [0.3, 0.4) is 0 Å². The smallest absolute Gasteiger partial charge is 0.168 e. The van der Waals surface area contributed by atoms with Crippen molar-refractivity contribution in [3.05, 3.63) is 55.4 Å². The number of piperazine rings is 1. The molecule has 0 bridgehead atoms. The van der Waals surface area contributed by atoms with E-state index < -0.39 is 0 Å². The molecule has 0 amide bonds. The molecule has 154 valence electrons. The number of hydrogen-bond donors (Lipinski definition) is 0. The average Bonchev–Trinajstić information content (AvgIpc) is 3.44. The number of fused-ring (bicyclic) bond motifs is 2.